The summed E-state index contributed by atoms with van der Waals surface area (Å²) >= 11 is 0. The zero-order chi connectivity index (χ0) is 13.6. The van der Waals surface area contributed by atoms with E-state index in [9.17, 15) is 0 Å². The Morgan fingerprint density at radius 1 is 1.25 bits per heavy atom. The Morgan fingerprint density at radius 3 is 2.95 bits per heavy atom. The van der Waals surface area contributed by atoms with E-state index in [-0.39, 0.29) is 6.10 Å². The summed E-state index contributed by atoms with van der Waals surface area (Å²) in [7, 11) is 0. The Hall–Kier alpha value is -0.980. The van der Waals surface area contributed by atoms with E-state index in [4.69, 9.17) is 14.0 Å². The first-order valence-corrected chi connectivity index (χ1v) is 7.65. The molecule has 0 spiro atoms. The van der Waals surface area contributed by atoms with E-state index >= 15 is 0 Å². The summed E-state index contributed by atoms with van der Waals surface area (Å²) < 4.78 is 16.7. The molecule has 0 aliphatic carbocycles. The highest BCUT2D eigenvalue weighted by Crippen LogP contribution is 2.16. The van der Waals surface area contributed by atoms with Gasteiger partial charge in [-0.05, 0) is 38.8 Å². The fourth-order valence-corrected chi connectivity index (χ4v) is 2.76. The van der Waals surface area contributed by atoms with E-state index in [1.807, 2.05) is 0 Å². The highest BCUT2D eigenvalue weighted by molar-refractivity contribution is 4.90. The quantitative estimate of drug-likeness (QED) is 0.842. The third-order valence-electron chi connectivity index (χ3n) is 3.90. The van der Waals surface area contributed by atoms with Crippen molar-refractivity contribution in [3.63, 3.8) is 0 Å². The number of hydrogen-bond donors (Lipinski definition) is 1. The first-order valence-electron chi connectivity index (χ1n) is 7.65. The Labute approximate surface area is 119 Å². The Bertz CT molecular complexity index is 398. The summed E-state index contributed by atoms with van der Waals surface area (Å²) in [5.74, 6) is 1.43. The van der Waals surface area contributed by atoms with Crippen molar-refractivity contribution in [2.24, 2.45) is 0 Å². The van der Waals surface area contributed by atoms with Crippen molar-refractivity contribution in [1.29, 1.82) is 0 Å². The van der Waals surface area contributed by atoms with Crippen LogP contribution in [0, 0.1) is 0 Å². The van der Waals surface area contributed by atoms with Gasteiger partial charge in [-0.25, -0.2) is 0 Å². The van der Waals surface area contributed by atoms with Crippen molar-refractivity contribution in [1.82, 2.24) is 15.5 Å². The van der Waals surface area contributed by atoms with E-state index in [0.717, 1.165) is 57.6 Å². The van der Waals surface area contributed by atoms with E-state index in [1.54, 1.807) is 0 Å². The molecule has 6 nitrogen and oxygen atoms in total. The predicted octanol–water partition coefficient (Wildman–Crippen LogP) is 1.10. The van der Waals surface area contributed by atoms with Crippen molar-refractivity contribution < 1.29 is 14.0 Å². The van der Waals surface area contributed by atoms with Gasteiger partial charge >= 0.3 is 0 Å². The molecule has 6 heteroatoms. The molecule has 1 aromatic heterocycles. The fraction of sp³-hybridized carbons (Fsp3) is 0.857. The van der Waals surface area contributed by atoms with Gasteiger partial charge in [0.25, 0.3) is 0 Å². The molecular weight excluding hydrogens is 258 g/mol. The van der Waals surface area contributed by atoms with E-state index in [0.29, 0.717) is 25.0 Å². The maximum atomic E-state index is 5.84. The van der Waals surface area contributed by atoms with Crippen LogP contribution in [0.5, 0.6) is 0 Å². The number of ether oxygens (including phenoxy) is 2. The van der Waals surface area contributed by atoms with E-state index in [1.165, 1.54) is 0 Å². The lowest BCUT2D eigenvalue weighted by Gasteiger charge is -2.22. The summed E-state index contributed by atoms with van der Waals surface area (Å²) in [6.07, 6.45) is 6.53. The molecule has 2 aliphatic rings. The monoisotopic (exact) mass is 281 g/mol. The first kappa shape index (κ1) is 14.0. The van der Waals surface area contributed by atoms with Gasteiger partial charge in [-0.2, -0.15) is 4.98 Å². The standard InChI is InChI=1S/C14H23N3O3/c1-2-12(18-8-1)10-13-16-14(20-17-13)5-9-19-11-3-6-15-7-4-11/h11-12,15H,1-10H2. The summed E-state index contributed by atoms with van der Waals surface area (Å²) in [4.78, 5) is 4.41. The van der Waals surface area contributed by atoms with Crippen LogP contribution in [0.3, 0.4) is 0 Å². The van der Waals surface area contributed by atoms with Gasteiger partial charge in [0.2, 0.25) is 5.89 Å². The van der Waals surface area contributed by atoms with Gasteiger partial charge in [0, 0.05) is 13.0 Å². The predicted molar refractivity (Wildman–Crippen MR) is 72.5 cm³/mol. The summed E-state index contributed by atoms with van der Waals surface area (Å²) in [5, 5.41) is 7.34. The molecule has 1 unspecified atom stereocenters. The average molecular weight is 281 g/mol. The zero-order valence-corrected chi connectivity index (χ0v) is 11.8. The minimum Gasteiger partial charge on any atom is -0.378 e. The number of nitrogens with zero attached hydrogens (tertiary/aromatic N) is 2. The lowest BCUT2D eigenvalue weighted by Crippen LogP contribution is -2.32. The average Bonchev–Trinajstić information content (AvgIpc) is 3.13. The topological polar surface area (TPSA) is 69.4 Å². The molecule has 1 atom stereocenters. The van der Waals surface area contributed by atoms with E-state index < -0.39 is 0 Å². The third-order valence-corrected chi connectivity index (χ3v) is 3.90. The van der Waals surface area contributed by atoms with Crippen LogP contribution in [0.25, 0.3) is 0 Å². The molecule has 20 heavy (non-hydrogen) atoms. The van der Waals surface area contributed by atoms with Crippen molar-refractivity contribution in [2.75, 3.05) is 26.3 Å². The maximum Gasteiger partial charge on any atom is 0.228 e. The summed E-state index contributed by atoms with van der Waals surface area (Å²) in [6, 6.07) is 0. The van der Waals surface area contributed by atoms with E-state index in [2.05, 4.69) is 15.5 Å². The summed E-state index contributed by atoms with van der Waals surface area (Å²) in [5.41, 5.74) is 0. The molecule has 0 radical (unpaired) electrons. The molecule has 0 bridgehead atoms. The van der Waals surface area contributed by atoms with Crippen molar-refractivity contribution >= 4 is 0 Å². The molecule has 0 saturated carbocycles. The largest absolute Gasteiger partial charge is 0.378 e. The second kappa shape index (κ2) is 7.15. The van der Waals surface area contributed by atoms with Crippen LogP contribution in [-0.4, -0.2) is 48.7 Å². The van der Waals surface area contributed by atoms with Crippen LogP contribution in [0.1, 0.15) is 37.4 Å². The Morgan fingerprint density at radius 2 is 2.15 bits per heavy atom. The molecule has 3 rings (SSSR count). The van der Waals surface area contributed by atoms with Gasteiger partial charge in [0.15, 0.2) is 5.82 Å². The molecule has 112 valence electrons. The zero-order valence-electron chi connectivity index (χ0n) is 11.8. The van der Waals surface area contributed by atoms with Crippen molar-refractivity contribution in [3.8, 4) is 0 Å². The Kier molecular flexibility index (Phi) is 5.00. The minimum absolute atomic E-state index is 0.270. The SMILES string of the molecule is C1COC(Cc2noc(CCOC3CCNCC3)n2)C1. The normalized spacial score (nSPS) is 24.3. The highest BCUT2D eigenvalue weighted by atomic mass is 16.5. The lowest BCUT2D eigenvalue weighted by atomic mass is 10.1. The van der Waals surface area contributed by atoms with Gasteiger partial charge in [-0.3, -0.25) is 0 Å². The molecule has 1 N–H and O–H groups in total. The molecule has 1 aromatic rings. The van der Waals surface area contributed by atoms with Gasteiger partial charge in [-0.1, -0.05) is 5.16 Å². The molecule has 2 fully saturated rings. The van der Waals surface area contributed by atoms with Gasteiger partial charge in [-0.15, -0.1) is 0 Å². The van der Waals surface area contributed by atoms with Gasteiger partial charge in [0.05, 0.1) is 25.2 Å². The Balaban J connectivity index is 1.38. The number of nitrogens with one attached hydrogen (secondary N) is 1. The van der Waals surface area contributed by atoms with Crippen molar-refractivity contribution in [3.05, 3.63) is 11.7 Å². The summed E-state index contributed by atoms with van der Waals surface area (Å²) in [6.45, 7) is 3.62. The van der Waals surface area contributed by atoms with Crippen LogP contribution in [0.15, 0.2) is 4.52 Å². The van der Waals surface area contributed by atoms with Gasteiger partial charge in [0.1, 0.15) is 0 Å². The van der Waals surface area contributed by atoms with Crippen LogP contribution in [0.4, 0.5) is 0 Å². The molecule has 0 amide bonds. The second-order valence-electron chi connectivity index (χ2n) is 5.51. The minimum atomic E-state index is 0.270. The van der Waals surface area contributed by atoms with Crippen LogP contribution >= 0.6 is 0 Å². The molecular formula is C14H23N3O3. The smallest absolute Gasteiger partial charge is 0.228 e. The molecule has 2 saturated heterocycles. The highest BCUT2D eigenvalue weighted by Gasteiger charge is 2.19. The first-order chi connectivity index (χ1) is 9.90. The number of rotatable bonds is 6. The fourth-order valence-electron chi connectivity index (χ4n) is 2.76. The second-order valence-corrected chi connectivity index (χ2v) is 5.51. The van der Waals surface area contributed by atoms with Gasteiger partial charge < -0.3 is 19.3 Å². The number of hydrogen-bond acceptors (Lipinski definition) is 6. The maximum absolute atomic E-state index is 5.84. The van der Waals surface area contributed by atoms with Crippen LogP contribution in [0.2, 0.25) is 0 Å². The molecule has 2 aliphatic heterocycles. The molecule has 0 aromatic carbocycles. The third kappa shape index (κ3) is 4.01. The number of aromatic nitrogens is 2. The van der Waals surface area contributed by atoms with Crippen molar-refractivity contribution in [2.45, 2.75) is 50.7 Å². The van der Waals surface area contributed by atoms with Crippen LogP contribution in [-0.2, 0) is 22.3 Å². The lowest BCUT2D eigenvalue weighted by molar-refractivity contribution is 0.0322. The number of piperidine rings is 1. The van der Waals surface area contributed by atoms with Crippen LogP contribution < -0.4 is 5.32 Å². The molecule has 3 heterocycles.